The number of rotatable bonds is 7. The van der Waals surface area contributed by atoms with Crippen molar-refractivity contribution in [1.82, 2.24) is 4.90 Å². The van der Waals surface area contributed by atoms with Gasteiger partial charge in [-0.15, -0.1) is 0 Å². The smallest absolute Gasteiger partial charge is 0.281 e. The van der Waals surface area contributed by atoms with Crippen molar-refractivity contribution in [1.29, 1.82) is 0 Å². The van der Waals surface area contributed by atoms with E-state index in [1.807, 2.05) is 49.1 Å². The molecule has 0 unspecified atom stereocenters. The molecule has 0 fully saturated rings. The predicted molar refractivity (Wildman–Crippen MR) is 77.3 cm³/mol. The van der Waals surface area contributed by atoms with Gasteiger partial charge in [0.05, 0.1) is 6.61 Å². The van der Waals surface area contributed by atoms with Gasteiger partial charge in [0.2, 0.25) is 0 Å². The molecule has 4 heteroatoms. The average Bonchev–Trinajstić information content (AvgIpc) is 2.41. The second-order valence-electron chi connectivity index (χ2n) is 3.80. The molecule has 0 N–H and O–H groups in total. The number of carbonyl (C=O) groups excluding carboxylic acids is 1. The maximum atomic E-state index is 11.7. The van der Waals surface area contributed by atoms with Gasteiger partial charge in [-0.3, -0.25) is 4.79 Å². The van der Waals surface area contributed by atoms with Crippen molar-refractivity contribution in [3.63, 3.8) is 0 Å². The highest BCUT2D eigenvalue weighted by molar-refractivity contribution is 8.13. The lowest BCUT2D eigenvalue weighted by molar-refractivity contribution is 0.228. The van der Waals surface area contributed by atoms with Crippen LogP contribution in [0, 0.1) is 0 Å². The van der Waals surface area contributed by atoms with Crippen LogP contribution in [0.1, 0.15) is 20.3 Å². The Hall–Kier alpha value is -1.16. The lowest BCUT2D eigenvalue weighted by Gasteiger charge is -2.17. The third-order valence-electron chi connectivity index (χ3n) is 2.55. The number of thioether (sulfide) groups is 1. The number of benzene rings is 1. The zero-order valence-corrected chi connectivity index (χ0v) is 11.9. The summed E-state index contributed by atoms with van der Waals surface area (Å²) in [6.45, 7) is 6.22. The first-order chi connectivity index (χ1) is 8.77. The molecule has 0 spiro atoms. The number of para-hydroxylation sites is 1. The first-order valence-corrected chi connectivity index (χ1v) is 7.36. The zero-order chi connectivity index (χ0) is 13.2. The van der Waals surface area contributed by atoms with Gasteiger partial charge < -0.3 is 9.64 Å². The largest absolute Gasteiger partial charge is 0.494 e. The summed E-state index contributed by atoms with van der Waals surface area (Å²) >= 11 is 1.38. The summed E-state index contributed by atoms with van der Waals surface area (Å²) in [6.07, 6.45) is 0.882. The molecular weight excluding hydrogens is 246 g/mol. The van der Waals surface area contributed by atoms with Gasteiger partial charge in [0.1, 0.15) is 5.75 Å². The number of nitrogens with zero attached hydrogens (tertiary/aromatic N) is 1. The quantitative estimate of drug-likeness (QED) is 0.706. The van der Waals surface area contributed by atoms with Crippen LogP contribution < -0.4 is 4.74 Å². The normalized spacial score (nSPS) is 10.1. The van der Waals surface area contributed by atoms with Crippen LogP contribution in [-0.2, 0) is 0 Å². The summed E-state index contributed by atoms with van der Waals surface area (Å²) < 4.78 is 5.56. The molecule has 1 rings (SSSR count). The van der Waals surface area contributed by atoms with Crippen LogP contribution in [0.2, 0.25) is 0 Å². The minimum Gasteiger partial charge on any atom is -0.494 e. The fourth-order valence-electron chi connectivity index (χ4n) is 1.50. The molecule has 0 saturated carbocycles. The molecule has 18 heavy (non-hydrogen) atoms. The van der Waals surface area contributed by atoms with Crippen molar-refractivity contribution >= 4 is 17.0 Å². The van der Waals surface area contributed by atoms with E-state index in [2.05, 4.69) is 0 Å². The topological polar surface area (TPSA) is 29.5 Å². The molecule has 3 nitrogen and oxygen atoms in total. The van der Waals surface area contributed by atoms with Crippen LogP contribution in [0.15, 0.2) is 30.3 Å². The number of hydrogen-bond donors (Lipinski definition) is 0. The molecule has 0 aliphatic rings. The molecule has 0 radical (unpaired) electrons. The molecule has 0 atom stereocenters. The molecule has 1 amide bonds. The van der Waals surface area contributed by atoms with Gasteiger partial charge in [-0.1, -0.05) is 30.0 Å². The fourth-order valence-corrected chi connectivity index (χ4v) is 2.38. The van der Waals surface area contributed by atoms with E-state index in [1.54, 1.807) is 0 Å². The molecule has 0 aliphatic carbocycles. The van der Waals surface area contributed by atoms with Gasteiger partial charge in [-0.05, 0) is 32.4 Å². The Balaban J connectivity index is 2.10. The molecule has 0 saturated heterocycles. The summed E-state index contributed by atoms with van der Waals surface area (Å²) in [5.41, 5.74) is 0. The van der Waals surface area contributed by atoms with Crippen LogP contribution in [-0.4, -0.2) is 35.6 Å². The highest BCUT2D eigenvalue weighted by atomic mass is 32.2. The van der Waals surface area contributed by atoms with E-state index < -0.39 is 0 Å². The lowest BCUT2D eigenvalue weighted by Crippen LogP contribution is -2.27. The Morgan fingerprint density at radius 1 is 1.22 bits per heavy atom. The molecule has 1 aromatic carbocycles. The third-order valence-corrected chi connectivity index (χ3v) is 3.55. The van der Waals surface area contributed by atoms with Crippen molar-refractivity contribution in [2.75, 3.05) is 25.4 Å². The van der Waals surface area contributed by atoms with Gasteiger partial charge in [0.25, 0.3) is 5.24 Å². The van der Waals surface area contributed by atoms with Crippen LogP contribution in [0.4, 0.5) is 4.79 Å². The SMILES string of the molecule is CCN(CC)C(=O)SCCCOc1ccccc1. The summed E-state index contributed by atoms with van der Waals surface area (Å²) in [4.78, 5) is 13.5. The van der Waals surface area contributed by atoms with E-state index in [0.717, 1.165) is 31.0 Å². The summed E-state index contributed by atoms with van der Waals surface area (Å²) in [7, 11) is 0. The summed E-state index contributed by atoms with van der Waals surface area (Å²) in [5.74, 6) is 1.69. The molecular formula is C14H21NO2S. The third kappa shape index (κ3) is 5.45. The maximum absolute atomic E-state index is 11.7. The van der Waals surface area contributed by atoms with E-state index in [1.165, 1.54) is 11.8 Å². The van der Waals surface area contributed by atoms with Crippen molar-refractivity contribution in [2.24, 2.45) is 0 Å². The molecule has 1 aromatic rings. The van der Waals surface area contributed by atoms with Gasteiger partial charge in [0.15, 0.2) is 0 Å². The molecule has 0 bridgehead atoms. The van der Waals surface area contributed by atoms with Gasteiger partial charge >= 0.3 is 0 Å². The van der Waals surface area contributed by atoms with Gasteiger partial charge in [-0.2, -0.15) is 0 Å². The lowest BCUT2D eigenvalue weighted by atomic mass is 10.3. The minimum absolute atomic E-state index is 0.166. The number of carbonyl (C=O) groups is 1. The Bertz CT molecular complexity index is 339. The molecule has 0 heterocycles. The first-order valence-electron chi connectivity index (χ1n) is 6.37. The Kier molecular flexibility index (Phi) is 7.34. The van der Waals surface area contributed by atoms with Crippen molar-refractivity contribution in [3.05, 3.63) is 30.3 Å². The van der Waals surface area contributed by atoms with E-state index in [-0.39, 0.29) is 5.24 Å². The Morgan fingerprint density at radius 3 is 2.50 bits per heavy atom. The molecule has 100 valence electrons. The number of hydrogen-bond acceptors (Lipinski definition) is 3. The number of amides is 1. The second kappa shape index (κ2) is 8.86. The van der Waals surface area contributed by atoms with Gasteiger partial charge in [0, 0.05) is 18.8 Å². The summed E-state index contributed by atoms with van der Waals surface area (Å²) in [5, 5.41) is 0.166. The highest BCUT2D eigenvalue weighted by Gasteiger charge is 2.09. The van der Waals surface area contributed by atoms with E-state index in [0.29, 0.717) is 6.61 Å². The monoisotopic (exact) mass is 267 g/mol. The van der Waals surface area contributed by atoms with Crippen molar-refractivity contribution < 1.29 is 9.53 Å². The predicted octanol–water partition coefficient (Wildman–Crippen LogP) is 3.65. The standard InChI is InChI=1S/C14H21NO2S/c1-3-15(4-2)14(16)18-12-8-11-17-13-9-6-5-7-10-13/h5-7,9-10H,3-4,8,11-12H2,1-2H3. The minimum atomic E-state index is 0.166. The number of ether oxygens (including phenoxy) is 1. The van der Waals surface area contributed by atoms with Crippen LogP contribution >= 0.6 is 11.8 Å². The first kappa shape index (κ1) is 14.9. The zero-order valence-electron chi connectivity index (χ0n) is 11.1. The van der Waals surface area contributed by atoms with Crippen LogP contribution in [0.3, 0.4) is 0 Å². The summed E-state index contributed by atoms with van der Waals surface area (Å²) in [6, 6.07) is 9.75. The van der Waals surface area contributed by atoms with Crippen LogP contribution in [0.25, 0.3) is 0 Å². The van der Waals surface area contributed by atoms with E-state index in [4.69, 9.17) is 4.74 Å². The average molecular weight is 267 g/mol. The molecule has 0 aromatic heterocycles. The van der Waals surface area contributed by atoms with Crippen molar-refractivity contribution in [3.8, 4) is 5.75 Å². The van der Waals surface area contributed by atoms with Crippen molar-refractivity contribution in [2.45, 2.75) is 20.3 Å². The van der Waals surface area contributed by atoms with E-state index in [9.17, 15) is 4.79 Å². The van der Waals surface area contributed by atoms with Crippen LogP contribution in [0.5, 0.6) is 5.75 Å². The fraction of sp³-hybridized carbons (Fsp3) is 0.500. The second-order valence-corrected chi connectivity index (χ2v) is 4.85. The van der Waals surface area contributed by atoms with E-state index >= 15 is 0 Å². The Labute approximate surface area is 114 Å². The highest BCUT2D eigenvalue weighted by Crippen LogP contribution is 2.12. The Morgan fingerprint density at radius 2 is 1.89 bits per heavy atom. The van der Waals surface area contributed by atoms with Gasteiger partial charge in [-0.25, -0.2) is 0 Å². The maximum Gasteiger partial charge on any atom is 0.281 e. The molecule has 0 aliphatic heterocycles.